The molecule has 0 spiro atoms. The second kappa shape index (κ2) is 5.52. The van der Waals surface area contributed by atoms with Gasteiger partial charge in [-0.25, -0.2) is 0 Å². The molecule has 1 aliphatic heterocycles. The summed E-state index contributed by atoms with van der Waals surface area (Å²) in [6, 6.07) is 4.46. The number of nitrogens with zero attached hydrogens (tertiary/aromatic N) is 1. The summed E-state index contributed by atoms with van der Waals surface area (Å²) >= 11 is 3.34. The Morgan fingerprint density at radius 2 is 2.29 bits per heavy atom. The first-order chi connectivity index (χ1) is 8.13. The monoisotopic (exact) mass is 302 g/mol. The van der Waals surface area contributed by atoms with E-state index >= 15 is 0 Å². The van der Waals surface area contributed by atoms with Crippen LogP contribution in [0.4, 0.5) is 0 Å². The van der Waals surface area contributed by atoms with Crippen LogP contribution >= 0.6 is 15.9 Å². The molecule has 1 saturated heterocycles. The van der Waals surface area contributed by atoms with Gasteiger partial charge in [0.2, 0.25) is 0 Å². The van der Waals surface area contributed by atoms with Crippen LogP contribution in [0.15, 0.2) is 21.2 Å². The molecule has 1 aromatic rings. The van der Waals surface area contributed by atoms with Gasteiger partial charge in [-0.15, -0.1) is 0 Å². The summed E-state index contributed by atoms with van der Waals surface area (Å²) in [7, 11) is 0. The summed E-state index contributed by atoms with van der Waals surface area (Å²) in [6.07, 6.45) is 0.00389. The number of rotatable bonds is 3. The number of hydrogen-bond donors (Lipinski definition) is 1. The highest BCUT2D eigenvalue weighted by molar-refractivity contribution is 9.10. The van der Waals surface area contributed by atoms with Crippen LogP contribution in [0.3, 0.4) is 0 Å². The minimum atomic E-state index is 0.00389. The minimum Gasteiger partial charge on any atom is -0.453 e. The third-order valence-electron chi connectivity index (χ3n) is 3.17. The molecular weight excluding hydrogens is 284 g/mol. The fraction of sp³-hybridized carbons (Fsp3) is 0.667. The zero-order valence-electron chi connectivity index (χ0n) is 10.2. The Morgan fingerprint density at radius 3 is 2.82 bits per heavy atom. The molecule has 96 valence electrons. The molecule has 5 heteroatoms. The highest BCUT2D eigenvalue weighted by atomic mass is 79.9. The molecule has 1 fully saturated rings. The van der Waals surface area contributed by atoms with E-state index in [1.54, 1.807) is 0 Å². The topological polar surface area (TPSA) is 51.6 Å². The maximum atomic E-state index is 5.80. The summed E-state index contributed by atoms with van der Waals surface area (Å²) in [4.78, 5) is 2.38. The minimum absolute atomic E-state index is 0.00389. The van der Waals surface area contributed by atoms with Crippen molar-refractivity contribution in [1.29, 1.82) is 0 Å². The highest BCUT2D eigenvalue weighted by Crippen LogP contribution is 2.32. The fourth-order valence-electron chi connectivity index (χ4n) is 2.36. The van der Waals surface area contributed by atoms with Gasteiger partial charge >= 0.3 is 0 Å². The van der Waals surface area contributed by atoms with E-state index in [0.29, 0.717) is 12.6 Å². The van der Waals surface area contributed by atoms with Crippen LogP contribution in [-0.2, 0) is 4.74 Å². The second-order valence-corrected chi connectivity index (χ2v) is 5.34. The first kappa shape index (κ1) is 13.1. The lowest BCUT2D eigenvalue weighted by Gasteiger charge is -2.42. The molecular formula is C12H19BrN2O2. The van der Waals surface area contributed by atoms with Gasteiger partial charge in [-0.05, 0) is 41.9 Å². The predicted octanol–water partition coefficient (Wildman–Crippen LogP) is 2.15. The van der Waals surface area contributed by atoms with Crippen LogP contribution in [0, 0.1) is 0 Å². The average Bonchev–Trinajstić information content (AvgIpc) is 2.74. The van der Waals surface area contributed by atoms with Crippen molar-refractivity contribution >= 4 is 15.9 Å². The summed E-state index contributed by atoms with van der Waals surface area (Å²) in [5, 5.41) is 0. The zero-order valence-corrected chi connectivity index (χ0v) is 11.8. The molecule has 0 aromatic carbocycles. The van der Waals surface area contributed by atoms with E-state index in [-0.39, 0.29) is 12.1 Å². The zero-order chi connectivity index (χ0) is 12.4. The van der Waals surface area contributed by atoms with Crippen molar-refractivity contribution in [2.24, 2.45) is 5.73 Å². The second-order valence-electron chi connectivity index (χ2n) is 4.56. The normalized spacial score (nSPS) is 26.6. The van der Waals surface area contributed by atoms with Gasteiger partial charge in [0.05, 0.1) is 18.8 Å². The van der Waals surface area contributed by atoms with E-state index in [2.05, 4.69) is 34.7 Å². The van der Waals surface area contributed by atoms with Crippen molar-refractivity contribution in [2.75, 3.05) is 19.7 Å². The van der Waals surface area contributed by atoms with Crippen molar-refractivity contribution in [3.05, 3.63) is 22.6 Å². The van der Waals surface area contributed by atoms with E-state index in [0.717, 1.165) is 23.6 Å². The van der Waals surface area contributed by atoms with Crippen LogP contribution < -0.4 is 5.73 Å². The standard InChI is InChI=1S/C12H19BrN2O2/c1-8(2)15-5-6-16-10(7-14)12(15)9-3-4-11(13)17-9/h3-4,8,10,12H,5-7,14H2,1-2H3. The maximum absolute atomic E-state index is 5.80. The van der Waals surface area contributed by atoms with Gasteiger partial charge in [0.25, 0.3) is 0 Å². The van der Waals surface area contributed by atoms with Gasteiger partial charge in [0.1, 0.15) is 5.76 Å². The van der Waals surface area contributed by atoms with Crippen LogP contribution in [0.1, 0.15) is 25.6 Å². The molecule has 4 nitrogen and oxygen atoms in total. The molecule has 1 aromatic heterocycles. The average molecular weight is 303 g/mol. The van der Waals surface area contributed by atoms with Gasteiger partial charge in [-0.2, -0.15) is 0 Å². The first-order valence-electron chi connectivity index (χ1n) is 5.96. The van der Waals surface area contributed by atoms with Crippen LogP contribution in [0.2, 0.25) is 0 Å². The lowest BCUT2D eigenvalue weighted by atomic mass is 10.0. The van der Waals surface area contributed by atoms with Crippen molar-refractivity contribution < 1.29 is 9.15 Å². The first-order valence-corrected chi connectivity index (χ1v) is 6.75. The Labute approximate surface area is 110 Å². The molecule has 0 radical (unpaired) electrons. The van der Waals surface area contributed by atoms with Crippen molar-refractivity contribution in [3.8, 4) is 0 Å². The van der Waals surface area contributed by atoms with Gasteiger partial charge in [0.15, 0.2) is 4.67 Å². The van der Waals surface area contributed by atoms with E-state index in [4.69, 9.17) is 14.9 Å². The number of furan rings is 1. The third kappa shape index (κ3) is 2.73. The van der Waals surface area contributed by atoms with E-state index in [1.807, 2.05) is 12.1 Å². The Hall–Kier alpha value is -0.360. The molecule has 2 unspecified atom stereocenters. The molecule has 0 aliphatic carbocycles. The third-order valence-corrected chi connectivity index (χ3v) is 3.60. The molecule has 2 atom stereocenters. The summed E-state index contributed by atoms with van der Waals surface area (Å²) in [5.41, 5.74) is 5.80. The summed E-state index contributed by atoms with van der Waals surface area (Å²) in [5.74, 6) is 0.917. The van der Waals surface area contributed by atoms with E-state index in [9.17, 15) is 0 Å². The molecule has 2 rings (SSSR count). The molecule has 0 saturated carbocycles. The van der Waals surface area contributed by atoms with Gasteiger partial charge in [-0.1, -0.05) is 0 Å². The molecule has 2 N–H and O–H groups in total. The van der Waals surface area contributed by atoms with Crippen LogP contribution in [0.5, 0.6) is 0 Å². The largest absolute Gasteiger partial charge is 0.453 e. The SMILES string of the molecule is CC(C)N1CCOC(CN)C1c1ccc(Br)o1. The highest BCUT2D eigenvalue weighted by Gasteiger charge is 2.36. The van der Waals surface area contributed by atoms with E-state index in [1.165, 1.54) is 0 Å². The number of hydrogen-bond acceptors (Lipinski definition) is 4. The van der Waals surface area contributed by atoms with Crippen LogP contribution in [0.25, 0.3) is 0 Å². The Morgan fingerprint density at radius 1 is 1.53 bits per heavy atom. The number of morpholine rings is 1. The Balaban J connectivity index is 2.28. The Kier molecular flexibility index (Phi) is 4.25. The maximum Gasteiger partial charge on any atom is 0.169 e. The molecule has 17 heavy (non-hydrogen) atoms. The predicted molar refractivity (Wildman–Crippen MR) is 69.8 cm³/mol. The lowest BCUT2D eigenvalue weighted by molar-refractivity contribution is -0.0853. The quantitative estimate of drug-likeness (QED) is 0.929. The lowest BCUT2D eigenvalue weighted by Crippen LogP contribution is -2.50. The number of ether oxygens (including phenoxy) is 1. The van der Waals surface area contributed by atoms with Crippen molar-refractivity contribution in [3.63, 3.8) is 0 Å². The van der Waals surface area contributed by atoms with Gasteiger partial charge < -0.3 is 14.9 Å². The number of nitrogens with two attached hydrogens (primary N) is 1. The van der Waals surface area contributed by atoms with E-state index < -0.39 is 0 Å². The number of halogens is 1. The fourth-order valence-corrected chi connectivity index (χ4v) is 2.68. The van der Waals surface area contributed by atoms with Crippen LogP contribution in [-0.4, -0.2) is 36.7 Å². The Bertz CT molecular complexity index is 367. The van der Waals surface area contributed by atoms with Crippen molar-refractivity contribution in [2.45, 2.75) is 32.0 Å². The molecule has 2 heterocycles. The summed E-state index contributed by atoms with van der Waals surface area (Å²) in [6.45, 7) is 6.52. The van der Waals surface area contributed by atoms with Gasteiger partial charge in [0, 0.05) is 19.1 Å². The van der Waals surface area contributed by atoms with Crippen molar-refractivity contribution in [1.82, 2.24) is 4.90 Å². The molecule has 0 amide bonds. The smallest absolute Gasteiger partial charge is 0.169 e. The van der Waals surface area contributed by atoms with Gasteiger partial charge in [-0.3, -0.25) is 4.90 Å². The molecule has 0 bridgehead atoms. The molecule has 1 aliphatic rings. The summed E-state index contributed by atoms with van der Waals surface area (Å²) < 4.78 is 12.2.